The van der Waals surface area contributed by atoms with Gasteiger partial charge in [0, 0.05) is 34.5 Å². The number of hydrogen-bond acceptors (Lipinski definition) is 6. The molecule has 19 heavy (non-hydrogen) atoms. The maximum atomic E-state index is 2.39. The summed E-state index contributed by atoms with van der Waals surface area (Å²) in [5, 5.41) is 0. The Morgan fingerprint density at radius 1 is 0.526 bits per heavy atom. The molecule has 2 spiro atoms. The summed E-state index contributed by atoms with van der Waals surface area (Å²) in [5.41, 5.74) is 0. The molecule has 0 aromatic heterocycles. The van der Waals surface area contributed by atoms with Crippen LogP contribution in [0.1, 0.15) is 26.7 Å². The second-order valence-corrected chi connectivity index (χ2v) is 15.8. The van der Waals surface area contributed by atoms with Crippen LogP contribution in [0.5, 0.6) is 0 Å². The van der Waals surface area contributed by atoms with Crippen LogP contribution in [0.4, 0.5) is 0 Å². The van der Waals surface area contributed by atoms with Crippen molar-refractivity contribution in [2.75, 3.05) is 34.5 Å². The van der Waals surface area contributed by atoms with Gasteiger partial charge in [0.1, 0.15) is 0 Å². The summed E-state index contributed by atoms with van der Waals surface area (Å²) in [6, 6.07) is 0. The molecule has 2 heterocycles. The molecule has 1 saturated carbocycles. The lowest BCUT2D eigenvalue weighted by Crippen LogP contribution is -2.48. The van der Waals surface area contributed by atoms with Crippen molar-refractivity contribution in [2.24, 2.45) is 0 Å². The van der Waals surface area contributed by atoms with Gasteiger partial charge in [0.25, 0.3) is 0 Å². The van der Waals surface area contributed by atoms with E-state index in [4.69, 9.17) is 0 Å². The summed E-state index contributed by atoms with van der Waals surface area (Å²) in [6.07, 6.45) is 2.90. The molecule has 110 valence electrons. The predicted octanol–water partition coefficient (Wildman–Crippen LogP) is 5.34. The molecule has 3 fully saturated rings. The van der Waals surface area contributed by atoms with E-state index in [9.17, 15) is 0 Å². The molecule has 1 aliphatic carbocycles. The highest BCUT2D eigenvalue weighted by atomic mass is 32.2. The first-order valence-corrected chi connectivity index (χ1v) is 12.8. The number of hydrogen-bond donors (Lipinski definition) is 0. The Morgan fingerprint density at radius 3 is 1.21 bits per heavy atom. The summed E-state index contributed by atoms with van der Waals surface area (Å²) >= 11 is 13.4. The fraction of sp³-hybridized carbons (Fsp3) is 1.00. The van der Waals surface area contributed by atoms with Gasteiger partial charge in [-0.2, -0.15) is 0 Å². The van der Waals surface area contributed by atoms with E-state index in [0.717, 1.165) is 0 Å². The Bertz CT molecular complexity index is 299. The molecule has 0 atom stereocenters. The van der Waals surface area contributed by atoms with Crippen LogP contribution in [0, 0.1) is 0 Å². The lowest BCUT2D eigenvalue weighted by molar-refractivity contribution is 0.469. The van der Waals surface area contributed by atoms with E-state index < -0.39 is 0 Å². The molecular formula is C13H22S6. The fourth-order valence-corrected chi connectivity index (χ4v) is 13.3. The van der Waals surface area contributed by atoms with Crippen LogP contribution in [-0.4, -0.2) is 46.8 Å². The molecular weight excluding hydrogens is 349 g/mol. The minimum atomic E-state index is 0.420. The lowest BCUT2D eigenvalue weighted by atomic mass is 9.97. The molecule has 0 nitrogen and oxygen atoms in total. The highest BCUT2D eigenvalue weighted by Gasteiger charge is 2.57. The highest BCUT2D eigenvalue weighted by molar-refractivity contribution is 8.23. The minimum absolute atomic E-state index is 0.420. The van der Waals surface area contributed by atoms with Crippen molar-refractivity contribution in [3.63, 3.8) is 0 Å². The molecule has 0 aromatic carbocycles. The zero-order valence-corrected chi connectivity index (χ0v) is 16.5. The summed E-state index contributed by atoms with van der Waals surface area (Å²) < 4.78 is 1.63. The topological polar surface area (TPSA) is 0 Å². The van der Waals surface area contributed by atoms with Crippen molar-refractivity contribution in [2.45, 2.75) is 38.9 Å². The molecule has 0 bridgehead atoms. The van der Waals surface area contributed by atoms with Gasteiger partial charge in [-0.3, -0.25) is 0 Å². The van der Waals surface area contributed by atoms with Gasteiger partial charge in [0.15, 0.2) is 0 Å². The standard InChI is InChI=1S/C13H22S6/c1-11(2)14-3-5-16-12(17-6-4-15-11)9-13(10-12)18-7-8-19-13/h3-10H2,1-2H3. The molecule has 2 saturated heterocycles. The normalized spacial score (nSPS) is 33.2. The third kappa shape index (κ3) is 3.90. The Balaban J connectivity index is 1.56. The van der Waals surface area contributed by atoms with E-state index in [0.29, 0.717) is 12.2 Å². The lowest BCUT2D eigenvalue weighted by Gasteiger charge is -2.53. The van der Waals surface area contributed by atoms with Gasteiger partial charge in [0.05, 0.1) is 12.2 Å². The molecule has 0 aromatic rings. The zero-order valence-electron chi connectivity index (χ0n) is 11.6. The maximum Gasteiger partial charge on any atom is 0.0654 e. The summed E-state index contributed by atoms with van der Waals surface area (Å²) in [6.45, 7) is 4.78. The second kappa shape index (κ2) is 6.31. The van der Waals surface area contributed by atoms with Crippen LogP contribution in [-0.2, 0) is 0 Å². The molecule has 6 heteroatoms. The van der Waals surface area contributed by atoms with E-state index in [1.54, 1.807) is 0 Å². The first kappa shape index (κ1) is 16.0. The minimum Gasteiger partial charge on any atom is -0.144 e. The Kier molecular flexibility index (Phi) is 5.30. The second-order valence-electron chi connectivity index (χ2n) is 5.67. The SMILES string of the molecule is CC1(C)SCCSC2(CC3(C2)SCCS3)SCCS1. The number of rotatable bonds is 0. The van der Waals surface area contributed by atoms with Crippen molar-refractivity contribution in [1.29, 1.82) is 0 Å². The fourth-order valence-electron chi connectivity index (χ4n) is 2.79. The molecule has 0 unspecified atom stereocenters. The van der Waals surface area contributed by atoms with Crippen LogP contribution < -0.4 is 0 Å². The summed E-state index contributed by atoms with van der Waals surface area (Å²) in [5.74, 6) is 8.09. The monoisotopic (exact) mass is 370 g/mol. The molecule has 2 aliphatic heterocycles. The van der Waals surface area contributed by atoms with Crippen LogP contribution in [0.2, 0.25) is 0 Å². The quantitative estimate of drug-likeness (QED) is 0.561. The Labute approximate surface area is 143 Å². The van der Waals surface area contributed by atoms with Crippen LogP contribution >= 0.6 is 70.6 Å². The zero-order chi connectivity index (χ0) is 13.4. The van der Waals surface area contributed by atoms with Gasteiger partial charge < -0.3 is 0 Å². The Morgan fingerprint density at radius 2 is 0.842 bits per heavy atom. The van der Waals surface area contributed by atoms with Gasteiger partial charge in [-0.15, -0.1) is 70.6 Å². The maximum absolute atomic E-state index is 2.39. The van der Waals surface area contributed by atoms with E-state index in [-0.39, 0.29) is 0 Å². The van der Waals surface area contributed by atoms with Crippen molar-refractivity contribution >= 4 is 70.6 Å². The van der Waals surface area contributed by atoms with E-state index in [1.807, 2.05) is 0 Å². The molecule has 0 amide bonds. The highest BCUT2D eigenvalue weighted by Crippen LogP contribution is 2.68. The van der Waals surface area contributed by atoms with Crippen molar-refractivity contribution in [3.05, 3.63) is 0 Å². The third-order valence-corrected chi connectivity index (χ3v) is 13.7. The largest absolute Gasteiger partial charge is 0.144 e. The van der Waals surface area contributed by atoms with Crippen molar-refractivity contribution in [3.8, 4) is 0 Å². The predicted molar refractivity (Wildman–Crippen MR) is 104 cm³/mol. The van der Waals surface area contributed by atoms with E-state index in [2.05, 4.69) is 84.4 Å². The molecule has 3 rings (SSSR count). The number of thioether (sulfide) groups is 6. The molecule has 3 aliphatic rings. The van der Waals surface area contributed by atoms with E-state index >= 15 is 0 Å². The van der Waals surface area contributed by atoms with Gasteiger partial charge >= 0.3 is 0 Å². The van der Waals surface area contributed by atoms with Gasteiger partial charge in [-0.25, -0.2) is 0 Å². The Hall–Kier alpha value is 2.10. The molecule has 0 radical (unpaired) electrons. The van der Waals surface area contributed by atoms with E-state index in [1.165, 1.54) is 47.4 Å². The van der Waals surface area contributed by atoms with Crippen LogP contribution in [0.15, 0.2) is 0 Å². The van der Waals surface area contributed by atoms with Gasteiger partial charge in [-0.05, 0) is 26.7 Å². The van der Waals surface area contributed by atoms with Gasteiger partial charge in [0.2, 0.25) is 0 Å². The summed E-state index contributed by atoms with van der Waals surface area (Å²) in [7, 11) is 0. The third-order valence-electron chi connectivity index (χ3n) is 3.69. The van der Waals surface area contributed by atoms with Gasteiger partial charge in [-0.1, -0.05) is 0 Å². The molecule has 0 N–H and O–H groups in total. The van der Waals surface area contributed by atoms with Crippen LogP contribution in [0.25, 0.3) is 0 Å². The van der Waals surface area contributed by atoms with Crippen molar-refractivity contribution < 1.29 is 0 Å². The van der Waals surface area contributed by atoms with Crippen molar-refractivity contribution in [1.82, 2.24) is 0 Å². The smallest absolute Gasteiger partial charge is 0.0654 e. The first-order chi connectivity index (χ1) is 9.04. The average Bonchev–Trinajstić information content (AvgIpc) is 2.78. The average molecular weight is 371 g/mol. The first-order valence-electron chi connectivity index (χ1n) is 6.87. The van der Waals surface area contributed by atoms with Crippen LogP contribution in [0.3, 0.4) is 0 Å². The summed E-state index contributed by atoms with van der Waals surface area (Å²) in [4.78, 5) is 0.